The van der Waals surface area contributed by atoms with Crippen molar-refractivity contribution in [1.29, 1.82) is 0 Å². The van der Waals surface area contributed by atoms with Gasteiger partial charge in [0.25, 0.3) is 5.91 Å². The van der Waals surface area contributed by atoms with Crippen LogP contribution in [0.5, 0.6) is 0 Å². The first-order valence-corrected chi connectivity index (χ1v) is 10.8. The number of carbonyl (C=O) groups is 1. The molecule has 0 fully saturated rings. The molecule has 0 atom stereocenters. The van der Waals surface area contributed by atoms with E-state index in [1.54, 1.807) is 35.7 Å². The number of benzene rings is 1. The van der Waals surface area contributed by atoms with Gasteiger partial charge in [-0.2, -0.15) is 10.1 Å². The molecule has 166 valence electrons. The SMILES string of the molecule is Cc1nc(CSc2nc(-c3ccc(F)cc3)c(C(=O)N(C)Cc3cn(C)nc3C)[nH]2)no1. The van der Waals surface area contributed by atoms with Gasteiger partial charge >= 0.3 is 0 Å². The Morgan fingerprint density at radius 1 is 1.25 bits per heavy atom. The molecule has 4 aromatic rings. The number of hydrogen-bond acceptors (Lipinski definition) is 7. The minimum atomic E-state index is -0.358. The van der Waals surface area contributed by atoms with E-state index in [0.29, 0.717) is 46.1 Å². The van der Waals surface area contributed by atoms with Crippen molar-refractivity contribution in [2.24, 2.45) is 7.05 Å². The molecule has 0 bridgehead atoms. The maximum atomic E-state index is 13.4. The predicted octanol–water partition coefficient (Wildman–Crippen LogP) is 3.51. The molecule has 1 N–H and O–H groups in total. The van der Waals surface area contributed by atoms with Gasteiger partial charge in [0.2, 0.25) is 5.89 Å². The van der Waals surface area contributed by atoms with Crippen molar-refractivity contribution < 1.29 is 13.7 Å². The summed E-state index contributed by atoms with van der Waals surface area (Å²) in [4.78, 5) is 26.8. The molecule has 0 radical (unpaired) electrons. The summed E-state index contributed by atoms with van der Waals surface area (Å²) in [6, 6.07) is 5.89. The monoisotopic (exact) mass is 455 g/mol. The van der Waals surface area contributed by atoms with Gasteiger partial charge < -0.3 is 14.4 Å². The first kappa shape index (κ1) is 21.8. The van der Waals surface area contributed by atoms with Gasteiger partial charge in [-0.3, -0.25) is 9.48 Å². The third-order valence-electron chi connectivity index (χ3n) is 4.79. The summed E-state index contributed by atoms with van der Waals surface area (Å²) >= 11 is 1.35. The highest BCUT2D eigenvalue weighted by atomic mass is 32.2. The molecule has 32 heavy (non-hydrogen) atoms. The van der Waals surface area contributed by atoms with Gasteiger partial charge in [-0.15, -0.1) is 0 Å². The van der Waals surface area contributed by atoms with Crippen molar-refractivity contribution in [2.75, 3.05) is 7.05 Å². The molecule has 0 saturated heterocycles. The summed E-state index contributed by atoms with van der Waals surface area (Å²) in [5.41, 5.74) is 3.23. The third kappa shape index (κ3) is 4.72. The predicted molar refractivity (Wildman–Crippen MR) is 116 cm³/mol. The zero-order chi connectivity index (χ0) is 22.8. The van der Waals surface area contributed by atoms with E-state index >= 15 is 0 Å². The lowest BCUT2D eigenvalue weighted by atomic mass is 10.1. The lowest BCUT2D eigenvalue weighted by Crippen LogP contribution is -2.27. The summed E-state index contributed by atoms with van der Waals surface area (Å²) in [5, 5.41) is 8.73. The zero-order valence-corrected chi connectivity index (χ0v) is 18.9. The minimum absolute atomic E-state index is 0.234. The smallest absolute Gasteiger partial charge is 0.272 e. The van der Waals surface area contributed by atoms with Crippen molar-refractivity contribution in [1.82, 2.24) is 34.8 Å². The van der Waals surface area contributed by atoms with Gasteiger partial charge in [-0.05, 0) is 31.2 Å². The van der Waals surface area contributed by atoms with Crippen molar-refractivity contribution in [3.05, 3.63) is 64.9 Å². The number of carbonyl (C=O) groups excluding carboxylic acids is 1. The molecule has 9 nitrogen and oxygen atoms in total. The first-order valence-electron chi connectivity index (χ1n) is 9.82. The molecule has 3 aromatic heterocycles. The molecule has 4 rings (SSSR count). The van der Waals surface area contributed by atoms with Crippen LogP contribution in [0, 0.1) is 19.7 Å². The molecule has 0 saturated carbocycles. The number of nitrogens with one attached hydrogen (secondary N) is 1. The average molecular weight is 456 g/mol. The number of imidazole rings is 1. The van der Waals surface area contributed by atoms with Crippen molar-refractivity contribution in [3.8, 4) is 11.3 Å². The van der Waals surface area contributed by atoms with Gasteiger partial charge in [0.05, 0.1) is 11.4 Å². The Morgan fingerprint density at radius 3 is 2.62 bits per heavy atom. The Kier molecular flexibility index (Phi) is 6.08. The topological polar surface area (TPSA) is 106 Å². The molecular formula is C21H22FN7O2S. The van der Waals surface area contributed by atoms with Gasteiger partial charge in [0.1, 0.15) is 17.2 Å². The molecule has 0 unspecified atom stereocenters. The Morgan fingerprint density at radius 2 is 2.00 bits per heavy atom. The normalized spacial score (nSPS) is 11.2. The number of nitrogens with zero attached hydrogens (tertiary/aromatic N) is 6. The zero-order valence-electron chi connectivity index (χ0n) is 18.1. The molecule has 3 heterocycles. The van der Waals surface area contributed by atoms with E-state index in [2.05, 4.69) is 25.2 Å². The highest BCUT2D eigenvalue weighted by molar-refractivity contribution is 7.98. The van der Waals surface area contributed by atoms with Crippen LogP contribution in [-0.2, 0) is 19.3 Å². The number of thioether (sulfide) groups is 1. The number of rotatable bonds is 7. The van der Waals surface area contributed by atoms with Crippen LogP contribution in [0.15, 0.2) is 40.1 Å². The van der Waals surface area contributed by atoms with E-state index in [0.717, 1.165) is 11.3 Å². The average Bonchev–Trinajstić information content (AvgIpc) is 3.45. The van der Waals surface area contributed by atoms with E-state index < -0.39 is 0 Å². The number of aromatic amines is 1. The van der Waals surface area contributed by atoms with E-state index in [4.69, 9.17) is 4.52 Å². The Bertz CT molecular complexity index is 1250. The van der Waals surface area contributed by atoms with E-state index in [1.807, 2.05) is 20.2 Å². The highest BCUT2D eigenvalue weighted by Crippen LogP contribution is 2.28. The first-order chi connectivity index (χ1) is 15.3. The van der Waals surface area contributed by atoms with E-state index in [1.165, 1.54) is 23.9 Å². The second kappa shape index (κ2) is 8.95. The fourth-order valence-corrected chi connectivity index (χ4v) is 3.96. The number of hydrogen-bond donors (Lipinski definition) is 1. The fourth-order valence-electron chi connectivity index (χ4n) is 3.25. The van der Waals surface area contributed by atoms with Gasteiger partial charge in [-0.1, -0.05) is 16.9 Å². The second-order valence-corrected chi connectivity index (χ2v) is 8.33. The van der Waals surface area contributed by atoms with Gasteiger partial charge in [0, 0.05) is 44.9 Å². The Balaban J connectivity index is 1.61. The van der Waals surface area contributed by atoms with Crippen LogP contribution >= 0.6 is 11.8 Å². The molecule has 0 aliphatic rings. The molecule has 0 aliphatic heterocycles. The number of amides is 1. The van der Waals surface area contributed by atoms with Crippen LogP contribution in [0.3, 0.4) is 0 Å². The van der Waals surface area contributed by atoms with Crippen LogP contribution in [0.25, 0.3) is 11.3 Å². The van der Waals surface area contributed by atoms with Crippen molar-refractivity contribution in [3.63, 3.8) is 0 Å². The number of H-pyrrole nitrogens is 1. The summed E-state index contributed by atoms with van der Waals surface area (Å²) in [5.74, 6) is 0.844. The number of aromatic nitrogens is 6. The summed E-state index contributed by atoms with van der Waals surface area (Å²) in [6.07, 6.45) is 1.89. The Labute approximate surface area is 188 Å². The molecule has 0 aliphatic carbocycles. The lowest BCUT2D eigenvalue weighted by Gasteiger charge is -2.16. The van der Waals surface area contributed by atoms with Crippen LogP contribution in [-0.4, -0.2) is 47.7 Å². The fraction of sp³-hybridized carbons (Fsp3) is 0.286. The summed E-state index contributed by atoms with van der Waals surface area (Å²) < 4.78 is 20.2. The number of aryl methyl sites for hydroxylation is 3. The highest BCUT2D eigenvalue weighted by Gasteiger charge is 2.23. The summed E-state index contributed by atoms with van der Waals surface area (Å²) in [6.45, 7) is 4.02. The van der Waals surface area contributed by atoms with Crippen molar-refractivity contribution in [2.45, 2.75) is 31.3 Å². The van der Waals surface area contributed by atoms with E-state index in [-0.39, 0.29) is 11.7 Å². The quantitative estimate of drug-likeness (QED) is 0.425. The maximum absolute atomic E-state index is 13.4. The van der Waals surface area contributed by atoms with Crippen LogP contribution in [0.4, 0.5) is 4.39 Å². The standard InChI is InChI=1S/C21H22FN7O2S/c1-12-15(10-29(4)26-12)9-28(3)20(30)19-18(14-5-7-16(22)8-6-14)24-21(25-19)32-11-17-23-13(2)31-27-17/h5-8,10H,9,11H2,1-4H3,(H,24,25). The lowest BCUT2D eigenvalue weighted by molar-refractivity contribution is 0.0780. The minimum Gasteiger partial charge on any atom is -0.340 e. The Hall–Kier alpha value is -3.47. The maximum Gasteiger partial charge on any atom is 0.272 e. The molecule has 1 amide bonds. The van der Waals surface area contributed by atoms with Crippen LogP contribution < -0.4 is 0 Å². The van der Waals surface area contributed by atoms with Crippen LogP contribution in [0.2, 0.25) is 0 Å². The van der Waals surface area contributed by atoms with Gasteiger partial charge in [-0.25, -0.2) is 9.37 Å². The second-order valence-electron chi connectivity index (χ2n) is 7.37. The molecule has 1 aromatic carbocycles. The van der Waals surface area contributed by atoms with E-state index in [9.17, 15) is 9.18 Å². The van der Waals surface area contributed by atoms with Crippen LogP contribution in [0.1, 0.15) is 33.5 Å². The molecular weight excluding hydrogens is 433 g/mol. The van der Waals surface area contributed by atoms with Crippen molar-refractivity contribution >= 4 is 17.7 Å². The molecule has 11 heteroatoms. The largest absolute Gasteiger partial charge is 0.340 e. The molecule has 0 spiro atoms. The summed E-state index contributed by atoms with van der Waals surface area (Å²) in [7, 11) is 3.56. The number of halogens is 1. The third-order valence-corrected chi connectivity index (χ3v) is 5.66. The van der Waals surface area contributed by atoms with Gasteiger partial charge in [0.15, 0.2) is 11.0 Å².